The van der Waals surface area contributed by atoms with Gasteiger partial charge in [0, 0.05) is 43.2 Å². The zero-order chi connectivity index (χ0) is 20.4. The van der Waals surface area contributed by atoms with Gasteiger partial charge >= 0.3 is 0 Å². The van der Waals surface area contributed by atoms with Gasteiger partial charge in [0.15, 0.2) is 5.65 Å². The van der Waals surface area contributed by atoms with Crippen molar-refractivity contribution in [2.24, 2.45) is 5.92 Å². The lowest BCUT2D eigenvalue weighted by Crippen LogP contribution is -2.43. The number of likely N-dealkylation sites (tertiary alicyclic amines) is 1. The molecule has 3 atom stereocenters. The molecule has 2 saturated heterocycles. The lowest BCUT2D eigenvalue weighted by Gasteiger charge is -2.28. The van der Waals surface area contributed by atoms with Crippen LogP contribution < -0.4 is 16.0 Å². The lowest BCUT2D eigenvalue weighted by atomic mass is 9.95. The van der Waals surface area contributed by atoms with Crippen LogP contribution in [-0.2, 0) is 0 Å². The molecule has 0 spiro atoms. The van der Waals surface area contributed by atoms with Crippen molar-refractivity contribution >= 4 is 17.3 Å². The van der Waals surface area contributed by atoms with Crippen LogP contribution in [0.15, 0.2) is 12.3 Å². The maximum atomic E-state index is 10.2. The van der Waals surface area contributed by atoms with E-state index >= 15 is 0 Å². The van der Waals surface area contributed by atoms with Crippen LogP contribution in [-0.4, -0.2) is 76.5 Å². The van der Waals surface area contributed by atoms with Crippen LogP contribution in [0.1, 0.15) is 44.6 Å². The number of hydrogen-bond donors (Lipinski definition) is 4. The fourth-order valence-corrected chi connectivity index (χ4v) is 4.43. The van der Waals surface area contributed by atoms with Crippen LogP contribution in [0.25, 0.3) is 5.65 Å². The van der Waals surface area contributed by atoms with Crippen molar-refractivity contribution in [3.05, 3.63) is 17.8 Å². The lowest BCUT2D eigenvalue weighted by molar-refractivity contribution is 0.0883. The number of anilines is 2. The third-order valence-corrected chi connectivity index (χ3v) is 6.45. The zero-order valence-corrected chi connectivity index (χ0v) is 17.9. The molecule has 1 unspecified atom stereocenters. The molecule has 8 heteroatoms. The Kier molecular flexibility index (Phi) is 6.22. The molecule has 4 N–H and O–H groups in total. The standard InChI is InChI=1S/C21H35N7O/c1-14(2)17-12-25-28-20(24-11-16-5-4-8-27(16)3)9-19(26-21(17)28)23-10-15-6-7-22-13-18(15)29/h9,12,14-16,18,22,24,29H,4-8,10-11,13H2,1-3H3,(H,23,26)/t15-,16?,18+/m1/s1. The number of rotatable bonds is 7. The third-order valence-electron chi connectivity index (χ3n) is 6.45. The Hall–Kier alpha value is -1.90. The maximum Gasteiger partial charge on any atom is 0.163 e. The molecule has 2 aliphatic rings. The topological polar surface area (TPSA) is 89.8 Å². The van der Waals surface area contributed by atoms with E-state index in [1.54, 1.807) is 0 Å². The number of fused-ring (bicyclic) bond motifs is 1. The van der Waals surface area contributed by atoms with Crippen LogP contribution in [0.5, 0.6) is 0 Å². The summed E-state index contributed by atoms with van der Waals surface area (Å²) in [5.41, 5.74) is 2.05. The van der Waals surface area contributed by atoms with Gasteiger partial charge in [-0.2, -0.15) is 9.61 Å². The number of likely N-dealkylation sites (N-methyl/N-ethyl adjacent to an activating group) is 1. The monoisotopic (exact) mass is 401 g/mol. The van der Waals surface area contributed by atoms with Gasteiger partial charge in [-0.25, -0.2) is 4.98 Å². The van der Waals surface area contributed by atoms with Crippen molar-refractivity contribution in [3.8, 4) is 0 Å². The molecule has 0 amide bonds. The summed E-state index contributed by atoms with van der Waals surface area (Å²) in [6.45, 7) is 8.76. The fraction of sp³-hybridized carbons (Fsp3) is 0.714. The first-order valence-electron chi connectivity index (χ1n) is 11.0. The molecule has 2 fully saturated rings. The molecule has 29 heavy (non-hydrogen) atoms. The van der Waals surface area contributed by atoms with Gasteiger partial charge in [0.05, 0.1) is 12.3 Å². The van der Waals surface area contributed by atoms with Gasteiger partial charge in [-0.1, -0.05) is 13.8 Å². The number of hydrogen-bond acceptors (Lipinski definition) is 7. The van der Waals surface area contributed by atoms with E-state index in [2.05, 4.69) is 46.8 Å². The van der Waals surface area contributed by atoms with E-state index in [9.17, 15) is 5.11 Å². The number of nitrogens with zero attached hydrogens (tertiary/aromatic N) is 4. The molecule has 0 radical (unpaired) electrons. The molecule has 2 aromatic rings. The molecule has 160 valence electrons. The quantitative estimate of drug-likeness (QED) is 0.562. The molecule has 2 aliphatic heterocycles. The Morgan fingerprint density at radius 1 is 1.28 bits per heavy atom. The Bertz CT molecular complexity index is 821. The van der Waals surface area contributed by atoms with E-state index in [0.29, 0.717) is 18.5 Å². The average Bonchev–Trinajstić information content (AvgIpc) is 3.31. The van der Waals surface area contributed by atoms with Crippen LogP contribution in [0.3, 0.4) is 0 Å². The second-order valence-corrected chi connectivity index (χ2v) is 8.88. The molecular formula is C21H35N7O. The van der Waals surface area contributed by atoms with Gasteiger partial charge in [0.1, 0.15) is 11.6 Å². The Balaban J connectivity index is 1.55. The molecule has 8 nitrogen and oxygen atoms in total. The highest BCUT2D eigenvalue weighted by atomic mass is 16.3. The van der Waals surface area contributed by atoms with Gasteiger partial charge in [-0.3, -0.25) is 0 Å². The SMILES string of the molecule is CC(C)c1cnn2c(NCC3CCCN3C)cc(NC[C@H]3CCNC[C@@H]3O)nc12. The molecule has 2 aromatic heterocycles. The molecule has 4 heterocycles. The van der Waals surface area contributed by atoms with E-state index in [1.807, 2.05) is 16.8 Å². The van der Waals surface area contributed by atoms with Gasteiger partial charge in [-0.15, -0.1) is 0 Å². The first kappa shape index (κ1) is 20.4. The highest BCUT2D eigenvalue weighted by molar-refractivity contribution is 5.61. The van der Waals surface area contributed by atoms with Crippen molar-refractivity contribution in [2.45, 2.75) is 51.2 Å². The first-order chi connectivity index (χ1) is 14.0. The van der Waals surface area contributed by atoms with Gasteiger partial charge < -0.3 is 26.0 Å². The predicted octanol–water partition coefficient (Wildman–Crippen LogP) is 1.74. The molecule has 0 saturated carbocycles. The van der Waals surface area contributed by atoms with Crippen LogP contribution >= 0.6 is 0 Å². The summed E-state index contributed by atoms with van der Waals surface area (Å²) in [7, 11) is 2.20. The highest BCUT2D eigenvalue weighted by Crippen LogP contribution is 2.25. The summed E-state index contributed by atoms with van der Waals surface area (Å²) in [4.78, 5) is 7.29. The van der Waals surface area contributed by atoms with E-state index in [1.165, 1.54) is 19.4 Å². The number of aliphatic hydroxyl groups excluding tert-OH is 1. The van der Waals surface area contributed by atoms with Crippen LogP contribution in [0.2, 0.25) is 0 Å². The van der Waals surface area contributed by atoms with Gasteiger partial charge in [-0.05, 0) is 45.3 Å². The summed E-state index contributed by atoms with van der Waals surface area (Å²) in [6.07, 6.45) is 5.09. The predicted molar refractivity (Wildman–Crippen MR) is 117 cm³/mol. The van der Waals surface area contributed by atoms with Crippen molar-refractivity contribution in [1.82, 2.24) is 24.8 Å². The minimum atomic E-state index is -0.309. The Morgan fingerprint density at radius 3 is 2.86 bits per heavy atom. The zero-order valence-electron chi connectivity index (χ0n) is 17.9. The molecule has 4 rings (SSSR count). The van der Waals surface area contributed by atoms with Crippen molar-refractivity contribution in [1.29, 1.82) is 0 Å². The number of aromatic nitrogens is 3. The Morgan fingerprint density at radius 2 is 2.14 bits per heavy atom. The number of nitrogens with one attached hydrogen (secondary N) is 3. The van der Waals surface area contributed by atoms with Gasteiger partial charge in [0.25, 0.3) is 0 Å². The maximum absolute atomic E-state index is 10.2. The summed E-state index contributed by atoms with van der Waals surface area (Å²) in [6, 6.07) is 2.60. The average molecular weight is 402 g/mol. The highest BCUT2D eigenvalue weighted by Gasteiger charge is 2.24. The Labute approximate surface area is 173 Å². The number of β-amino-alcohol motifs (C(OH)–C–C–N with tert-alkyl or cyclic N) is 1. The van der Waals surface area contributed by atoms with Crippen molar-refractivity contribution in [3.63, 3.8) is 0 Å². The third kappa shape index (κ3) is 4.49. The minimum absolute atomic E-state index is 0.243. The summed E-state index contributed by atoms with van der Waals surface area (Å²) in [5, 5.41) is 25.2. The van der Waals surface area contributed by atoms with Crippen molar-refractivity contribution < 1.29 is 5.11 Å². The smallest absolute Gasteiger partial charge is 0.163 e. The van der Waals surface area contributed by atoms with E-state index < -0.39 is 0 Å². The fourth-order valence-electron chi connectivity index (χ4n) is 4.43. The van der Waals surface area contributed by atoms with E-state index in [0.717, 1.165) is 48.9 Å². The van der Waals surface area contributed by atoms with Crippen molar-refractivity contribution in [2.75, 3.05) is 50.4 Å². The van der Waals surface area contributed by atoms with Crippen LogP contribution in [0, 0.1) is 5.92 Å². The number of aliphatic hydroxyl groups is 1. The molecule has 0 aromatic carbocycles. The molecule has 0 aliphatic carbocycles. The second kappa shape index (κ2) is 8.85. The number of piperidine rings is 1. The summed E-state index contributed by atoms with van der Waals surface area (Å²) < 4.78 is 1.93. The van der Waals surface area contributed by atoms with E-state index in [-0.39, 0.29) is 12.0 Å². The van der Waals surface area contributed by atoms with Crippen LogP contribution in [0.4, 0.5) is 11.6 Å². The largest absolute Gasteiger partial charge is 0.391 e. The summed E-state index contributed by atoms with van der Waals surface area (Å²) in [5.74, 6) is 2.41. The van der Waals surface area contributed by atoms with E-state index in [4.69, 9.17) is 4.98 Å². The first-order valence-corrected chi connectivity index (χ1v) is 11.0. The van der Waals surface area contributed by atoms with Gasteiger partial charge in [0.2, 0.25) is 0 Å². The minimum Gasteiger partial charge on any atom is -0.391 e. The normalized spacial score (nSPS) is 25.8. The summed E-state index contributed by atoms with van der Waals surface area (Å²) >= 11 is 0. The molecular weight excluding hydrogens is 366 g/mol. The molecule has 0 bridgehead atoms. The second-order valence-electron chi connectivity index (χ2n) is 8.88.